The van der Waals surface area contributed by atoms with E-state index in [1.54, 1.807) is 0 Å². The van der Waals surface area contributed by atoms with Crippen LogP contribution in [0.3, 0.4) is 0 Å². The lowest BCUT2D eigenvalue weighted by Crippen LogP contribution is -2.25. The van der Waals surface area contributed by atoms with Crippen molar-refractivity contribution in [3.63, 3.8) is 0 Å². The van der Waals surface area contributed by atoms with E-state index in [0.717, 1.165) is 18.2 Å². The minimum atomic E-state index is -4.73. The highest BCUT2D eigenvalue weighted by molar-refractivity contribution is 6.04. The SMILES string of the molecule is O=C(O)c1ccccc1Nc1ccc(C(F)(F)F)cc1Nc1ccc(CNC(=O)c2ccccc2C(=O)O)cc1C(=O)O. The first-order chi connectivity index (χ1) is 20.3. The average Bonchev–Trinajstić information content (AvgIpc) is 2.96. The fourth-order valence-corrected chi connectivity index (χ4v) is 4.13. The van der Waals surface area contributed by atoms with Crippen molar-refractivity contribution in [1.29, 1.82) is 0 Å². The Balaban J connectivity index is 1.65. The Morgan fingerprint density at radius 2 is 1.12 bits per heavy atom. The van der Waals surface area contributed by atoms with Gasteiger partial charge in [-0.05, 0) is 60.2 Å². The van der Waals surface area contributed by atoms with Gasteiger partial charge < -0.3 is 31.3 Å². The summed E-state index contributed by atoms with van der Waals surface area (Å²) in [6, 6.07) is 17.8. The Morgan fingerprint density at radius 3 is 1.74 bits per heavy atom. The number of carbonyl (C=O) groups is 4. The number of aromatic carboxylic acids is 3. The first-order valence-electron chi connectivity index (χ1n) is 12.4. The standard InChI is InChI=1S/C30H22F3N3O7/c31-30(32,33)17-10-12-24(35-22-8-4-3-7-20(22)28(40)41)25(14-17)36-23-11-9-16(13-21(23)29(42)43)15-34-26(37)18-5-1-2-6-19(18)27(38)39/h1-14,35-36H,15H2,(H,34,37)(H,38,39)(H,40,41)(H,42,43). The molecule has 0 saturated carbocycles. The molecule has 4 rings (SSSR count). The molecule has 0 saturated heterocycles. The molecular formula is C30H22F3N3O7. The highest BCUT2D eigenvalue weighted by Crippen LogP contribution is 2.37. The molecule has 0 fully saturated rings. The van der Waals surface area contributed by atoms with E-state index < -0.39 is 35.6 Å². The van der Waals surface area contributed by atoms with Crippen LogP contribution in [0.1, 0.15) is 52.6 Å². The van der Waals surface area contributed by atoms with E-state index >= 15 is 0 Å². The second-order valence-corrected chi connectivity index (χ2v) is 9.08. The third-order valence-electron chi connectivity index (χ3n) is 6.21. The van der Waals surface area contributed by atoms with Gasteiger partial charge in [-0.1, -0.05) is 30.3 Å². The lowest BCUT2D eigenvalue weighted by molar-refractivity contribution is -0.137. The van der Waals surface area contributed by atoms with Crippen molar-refractivity contribution in [1.82, 2.24) is 5.32 Å². The van der Waals surface area contributed by atoms with E-state index in [0.29, 0.717) is 5.56 Å². The fraction of sp³-hybridized carbons (Fsp3) is 0.0667. The molecule has 0 heterocycles. The molecular weight excluding hydrogens is 571 g/mol. The average molecular weight is 594 g/mol. The molecule has 13 heteroatoms. The van der Waals surface area contributed by atoms with Gasteiger partial charge in [-0.15, -0.1) is 0 Å². The van der Waals surface area contributed by atoms with Crippen LogP contribution in [-0.4, -0.2) is 39.1 Å². The number of carboxylic acid groups (broad SMARTS) is 3. The van der Waals surface area contributed by atoms with Gasteiger partial charge in [0.2, 0.25) is 0 Å². The van der Waals surface area contributed by atoms with Crippen molar-refractivity contribution in [3.8, 4) is 0 Å². The predicted octanol–water partition coefficient (Wildman–Crippen LogP) is 6.22. The lowest BCUT2D eigenvalue weighted by atomic mass is 10.1. The monoisotopic (exact) mass is 593 g/mol. The van der Waals surface area contributed by atoms with Crippen molar-refractivity contribution >= 4 is 46.6 Å². The number of alkyl halides is 3. The summed E-state index contributed by atoms with van der Waals surface area (Å²) in [5, 5.41) is 36.7. The highest BCUT2D eigenvalue weighted by Gasteiger charge is 2.31. The van der Waals surface area contributed by atoms with Crippen molar-refractivity contribution < 1.29 is 47.7 Å². The molecule has 0 bridgehead atoms. The number of para-hydroxylation sites is 1. The lowest BCUT2D eigenvalue weighted by Gasteiger charge is -2.19. The summed E-state index contributed by atoms with van der Waals surface area (Å²) < 4.78 is 40.7. The zero-order chi connectivity index (χ0) is 31.3. The number of anilines is 4. The summed E-state index contributed by atoms with van der Waals surface area (Å²) in [4.78, 5) is 47.7. The molecule has 0 radical (unpaired) electrons. The van der Waals surface area contributed by atoms with E-state index in [1.807, 2.05) is 0 Å². The molecule has 0 spiro atoms. The number of benzene rings is 4. The van der Waals surface area contributed by atoms with Gasteiger partial charge in [0, 0.05) is 6.54 Å². The highest BCUT2D eigenvalue weighted by atomic mass is 19.4. The van der Waals surface area contributed by atoms with Crippen LogP contribution in [0.2, 0.25) is 0 Å². The van der Waals surface area contributed by atoms with Crippen LogP contribution in [0.15, 0.2) is 84.9 Å². The Labute approximate surface area is 241 Å². The van der Waals surface area contributed by atoms with Gasteiger partial charge in [0.25, 0.3) is 5.91 Å². The normalized spacial score (nSPS) is 11.0. The van der Waals surface area contributed by atoms with Gasteiger partial charge in [-0.2, -0.15) is 13.2 Å². The molecule has 220 valence electrons. The van der Waals surface area contributed by atoms with Crippen molar-refractivity contribution in [2.75, 3.05) is 10.6 Å². The van der Waals surface area contributed by atoms with Crippen LogP contribution >= 0.6 is 0 Å². The van der Waals surface area contributed by atoms with Crippen LogP contribution < -0.4 is 16.0 Å². The summed E-state index contributed by atoms with van der Waals surface area (Å²) in [5.41, 5.74) is -1.69. The summed E-state index contributed by atoms with van der Waals surface area (Å²) in [6.07, 6.45) is -4.73. The predicted molar refractivity (Wildman–Crippen MR) is 149 cm³/mol. The quantitative estimate of drug-likeness (QED) is 0.125. The van der Waals surface area contributed by atoms with Gasteiger partial charge in [-0.3, -0.25) is 4.79 Å². The maximum atomic E-state index is 13.6. The molecule has 1 amide bonds. The smallest absolute Gasteiger partial charge is 0.416 e. The Kier molecular flexibility index (Phi) is 8.65. The van der Waals surface area contributed by atoms with E-state index in [4.69, 9.17) is 0 Å². The van der Waals surface area contributed by atoms with Crippen LogP contribution in [0.4, 0.5) is 35.9 Å². The molecule has 0 atom stereocenters. The molecule has 0 unspecified atom stereocenters. The Bertz CT molecular complexity index is 1740. The molecule has 4 aromatic rings. The van der Waals surface area contributed by atoms with Crippen LogP contribution in [-0.2, 0) is 12.7 Å². The van der Waals surface area contributed by atoms with Crippen LogP contribution in [0, 0.1) is 0 Å². The molecule has 10 nitrogen and oxygen atoms in total. The van der Waals surface area contributed by atoms with Crippen LogP contribution in [0.25, 0.3) is 0 Å². The van der Waals surface area contributed by atoms with Gasteiger partial charge in [-0.25, -0.2) is 14.4 Å². The first kappa shape index (κ1) is 30.1. The Morgan fingerprint density at radius 1 is 0.581 bits per heavy atom. The molecule has 4 aromatic carbocycles. The fourth-order valence-electron chi connectivity index (χ4n) is 4.13. The number of hydrogen-bond donors (Lipinski definition) is 6. The van der Waals surface area contributed by atoms with E-state index in [9.17, 15) is 47.7 Å². The number of halogens is 3. The number of hydrogen-bond acceptors (Lipinski definition) is 6. The van der Waals surface area contributed by atoms with Crippen LogP contribution in [0.5, 0.6) is 0 Å². The second-order valence-electron chi connectivity index (χ2n) is 9.08. The molecule has 6 N–H and O–H groups in total. The molecule has 0 aliphatic carbocycles. The first-order valence-corrected chi connectivity index (χ1v) is 12.4. The largest absolute Gasteiger partial charge is 0.478 e. The number of carboxylic acids is 3. The molecule has 0 aliphatic rings. The molecule has 43 heavy (non-hydrogen) atoms. The van der Waals surface area contributed by atoms with Gasteiger partial charge in [0.15, 0.2) is 0 Å². The number of carbonyl (C=O) groups excluding carboxylic acids is 1. The van der Waals surface area contributed by atoms with Crippen molar-refractivity contribution in [2.24, 2.45) is 0 Å². The maximum absolute atomic E-state index is 13.6. The second kappa shape index (κ2) is 12.3. The van der Waals surface area contributed by atoms with E-state index in [-0.39, 0.29) is 51.5 Å². The summed E-state index contributed by atoms with van der Waals surface area (Å²) in [7, 11) is 0. The molecule has 0 aliphatic heterocycles. The topological polar surface area (TPSA) is 165 Å². The van der Waals surface area contributed by atoms with E-state index in [1.165, 1.54) is 66.7 Å². The summed E-state index contributed by atoms with van der Waals surface area (Å²) in [6.45, 7) is -0.185. The van der Waals surface area contributed by atoms with Gasteiger partial charge in [0.05, 0.1) is 50.6 Å². The third kappa shape index (κ3) is 7.08. The van der Waals surface area contributed by atoms with Gasteiger partial charge in [0.1, 0.15) is 0 Å². The van der Waals surface area contributed by atoms with Crippen molar-refractivity contribution in [2.45, 2.75) is 12.7 Å². The number of rotatable bonds is 10. The minimum absolute atomic E-state index is 0.0338. The summed E-state index contributed by atoms with van der Waals surface area (Å²) >= 11 is 0. The number of nitrogens with one attached hydrogen (secondary N) is 3. The van der Waals surface area contributed by atoms with Gasteiger partial charge >= 0.3 is 24.1 Å². The molecule has 0 aromatic heterocycles. The van der Waals surface area contributed by atoms with E-state index in [2.05, 4.69) is 16.0 Å². The zero-order valence-corrected chi connectivity index (χ0v) is 21.9. The third-order valence-corrected chi connectivity index (χ3v) is 6.21. The maximum Gasteiger partial charge on any atom is 0.416 e. The number of amides is 1. The van der Waals surface area contributed by atoms with Crippen molar-refractivity contribution in [3.05, 3.63) is 118 Å². The minimum Gasteiger partial charge on any atom is -0.478 e. The zero-order valence-electron chi connectivity index (χ0n) is 21.9. The summed E-state index contributed by atoms with van der Waals surface area (Å²) in [5.74, 6) is -4.71. The Hall–Kier alpha value is -5.85.